The van der Waals surface area contributed by atoms with Gasteiger partial charge in [0.2, 0.25) is 0 Å². The molecule has 7 heteroatoms. The highest BCUT2D eigenvalue weighted by molar-refractivity contribution is 7.13. The first-order chi connectivity index (χ1) is 10.1. The van der Waals surface area contributed by atoms with Crippen molar-refractivity contribution in [2.24, 2.45) is 7.05 Å². The first kappa shape index (κ1) is 13.6. The number of aryl methyl sites for hydroxylation is 1. The highest BCUT2D eigenvalue weighted by Gasteiger charge is 2.21. The van der Waals surface area contributed by atoms with Crippen molar-refractivity contribution in [3.63, 3.8) is 0 Å². The van der Waals surface area contributed by atoms with Gasteiger partial charge in [-0.05, 0) is 30.5 Å². The number of rotatable bonds is 4. The van der Waals surface area contributed by atoms with E-state index >= 15 is 0 Å². The van der Waals surface area contributed by atoms with Crippen LogP contribution < -0.4 is 0 Å². The molecule has 0 aliphatic heterocycles. The highest BCUT2D eigenvalue weighted by Crippen LogP contribution is 2.26. The van der Waals surface area contributed by atoms with Gasteiger partial charge >= 0.3 is 5.97 Å². The number of carbonyl (C=O) groups is 1. The smallest absolute Gasteiger partial charge is 0.355 e. The minimum absolute atomic E-state index is 0.279. The molecule has 6 nitrogen and oxygen atoms in total. The topological polar surface area (TPSA) is 70.2 Å². The van der Waals surface area contributed by atoms with Crippen LogP contribution in [0.3, 0.4) is 0 Å². The number of nitrogens with zero attached hydrogens (tertiary/aromatic N) is 3. The van der Waals surface area contributed by atoms with Crippen molar-refractivity contribution < 1.29 is 13.9 Å². The summed E-state index contributed by atoms with van der Waals surface area (Å²) in [5, 5.41) is 9.83. The van der Waals surface area contributed by atoms with E-state index in [1.165, 1.54) is 11.3 Å². The van der Waals surface area contributed by atoms with Crippen molar-refractivity contribution in [2.45, 2.75) is 13.0 Å². The predicted molar refractivity (Wildman–Crippen MR) is 76.9 cm³/mol. The summed E-state index contributed by atoms with van der Waals surface area (Å²) in [7, 11) is 1.78. The summed E-state index contributed by atoms with van der Waals surface area (Å²) in [5.41, 5.74) is 0.472. The van der Waals surface area contributed by atoms with Crippen molar-refractivity contribution in [2.75, 3.05) is 0 Å². The fraction of sp³-hybridized carbons (Fsp3) is 0.214. The Bertz CT molecular complexity index is 745. The SMILES string of the molecule is C[C@@H](OC(=O)c1cccn1C)c1nnc(-c2cccs2)o1. The molecule has 0 N–H and O–H groups in total. The molecular weight excluding hydrogens is 290 g/mol. The average molecular weight is 303 g/mol. The molecule has 0 unspecified atom stereocenters. The van der Waals surface area contributed by atoms with Crippen LogP contribution in [0, 0.1) is 0 Å². The number of hydrogen-bond donors (Lipinski definition) is 0. The van der Waals surface area contributed by atoms with E-state index in [1.54, 1.807) is 36.9 Å². The summed E-state index contributed by atoms with van der Waals surface area (Å²) in [6.07, 6.45) is 1.18. The lowest BCUT2D eigenvalue weighted by Gasteiger charge is -2.09. The van der Waals surface area contributed by atoms with Gasteiger partial charge in [-0.3, -0.25) is 0 Å². The lowest BCUT2D eigenvalue weighted by atomic mass is 10.4. The van der Waals surface area contributed by atoms with E-state index in [-0.39, 0.29) is 5.89 Å². The Hall–Kier alpha value is -2.41. The molecule has 1 atom stereocenters. The van der Waals surface area contributed by atoms with Crippen LogP contribution in [0.1, 0.15) is 29.4 Å². The highest BCUT2D eigenvalue weighted by atomic mass is 32.1. The Morgan fingerprint density at radius 2 is 2.24 bits per heavy atom. The van der Waals surface area contributed by atoms with E-state index in [4.69, 9.17) is 9.15 Å². The molecule has 0 aliphatic rings. The first-order valence-corrected chi connectivity index (χ1v) is 7.22. The molecule has 0 spiro atoms. The van der Waals surface area contributed by atoms with E-state index in [2.05, 4.69) is 10.2 Å². The molecule has 3 aromatic rings. The Balaban J connectivity index is 1.73. The van der Waals surface area contributed by atoms with Gasteiger partial charge in [0.05, 0.1) is 4.88 Å². The zero-order valence-corrected chi connectivity index (χ0v) is 12.3. The van der Waals surface area contributed by atoms with Crippen LogP contribution in [0.15, 0.2) is 40.3 Å². The number of esters is 1. The van der Waals surface area contributed by atoms with Gasteiger partial charge in [0, 0.05) is 13.2 Å². The number of aromatic nitrogens is 3. The molecular formula is C14H13N3O3S. The fourth-order valence-electron chi connectivity index (χ4n) is 1.84. The summed E-state index contributed by atoms with van der Waals surface area (Å²) in [6.45, 7) is 1.70. The molecule has 0 aromatic carbocycles. The summed E-state index contributed by atoms with van der Waals surface area (Å²) in [5.74, 6) is 0.286. The molecule has 0 saturated carbocycles. The minimum Gasteiger partial charge on any atom is -0.448 e. The maximum absolute atomic E-state index is 12.0. The average Bonchev–Trinajstić information content (AvgIpc) is 3.19. The van der Waals surface area contributed by atoms with Gasteiger partial charge in [-0.1, -0.05) is 6.07 Å². The molecule has 0 saturated heterocycles. The molecule has 0 fully saturated rings. The van der Waals surface area contributed by atoms with Crippen LogP contribution in [0.4, 0.5) is 0 Å². The van der Waals surface area contributed by atoms with Crippen LogP contribution in [-0.2, 0) is 11.8 Å². The predicted octanol–water partition coefficient (Wildman–Crippen LogP) is 3.05. The lowest BCUT2D eigenvalue weighted by Crippen LogP contribution is -2.12. The van der Waals surface area contributed by atoms with E-state index in [1.807, 2.05) is 17.5 Å². The van der Waals surface area contributed by atoms with Gasteiger partial charge in [0.15, 0.2) is 6.10 Å². The van der Waals surface area contributed by atoms with Gasteiger partial charge in [-0.25, -0.2) is 4.79 Å². The van der Waals surface area contributed by atoms with E-state index in [0.717, 1.165) is 4.88 Å². The van der Waals surface area contributed by atoms with Gasteiger partial charge in [-0.2, -0.15) is 0 Å². The monoisotopic (exact) mass is 303 g/mol. The summed E-state index contributed by atoms with van der Waals surface area (Å²) < 4.78 is 12.6. The first-order valence-electron chi connectivity index (χ1n) is 6.34. The molecule has 108 valence electrons. The molecule has 3 heterocycles. The van der Waals surface area contributed by atoms with E-state index in [9.17, 15) is 4.79 Å². The molecule has 0 radical (unpaired) electrons. The van der Waals surface area contributed by atoms with Crippen molar-refractivity contribution in [1.29, 1.82) is 0 Å². The van der Waals surface area contributed by atoms with Gasteiger partial charge < -0.3 is 13.7 Å². The summed E-state index contributed by atoms with van der Waals surface area (Å²) in [4.78, 5) is 12.9. The molecule has 3 aromatic heterocycles. The minimum atomic E-state index is -0.603. The third-order valence-electron chi connectivity index (χ3n) is 2.96. The van der Waals surface area contributed by atoms with Gasteiger partial charge in [0.25, 0.3) is 11.8 Å². The van der Waals surface area contributed by atoms with Crippen LogP contribution in [0.2, 0.25) is 0 Å². The van der Waals surface area contributed by atoms with Crippen LogP contribution >= 0.6 is 11.3 Å². The van der Waals surface area contributed by atoms with E-state index < -0.39 is 12.1 Å². The third-order valence-corrected chi connectivity index (χ3v) is 3.81. The normalized spacial score (nSPS) is 12.3. The number of carbonyl (C=O) groups excluding carboxylic acids is 1. The van der Waals surface area contributed by atoms with Crippen molar-refractivity contribution in [3.05, 3.63) is 47.4 Å². The van der Waals surface area contributed by atoms with Gasteiger partial charge in [0.1, 0.15) is 5.69 Å². The maximum atomic E-state index is 12.0. The number of thiophene rings is 1. The Kier molecular flexibility index (Phi) is 3.57. The van der Waals surface area contributed by atoms with Crippen LogP contribution in [0.5, 0.6) is 0 Å². The second-order valence-corrected chi connectivity index (χ2v) is 5.42. The second kappa shape index (κ2) is 5.53. The standard InChI is InChI=1S/C14H13N3O3S/c1-9(19-14(18)10-5-3-7-17(10)2)12-15-16-13(20-12)11-6-4-8-21-11/h3-9H,1-2H3/t9-/m1/s1. The van der Waals surface area contributed by atoms with Gasteiger partial charge in [-0.15, -0.1) is 21.5 Å². The Morgan fingerprint density at radius 3 is 2.90 bits per heavy atom. The largest absolute Gasteiger partial charge is 0.448 e. The van der Waals surface area contributed by atoms with Crippen LogP contribution in [-0.4, -0.2) is 20.7 Å². The second-order valence-electron chi connectivity index (χ2n) is 4.47. The molecule has 0 aliphatic carbocycles. The fourth-order valence-corrected chi connectivity index (χ4v) is 2.49. The summed E-state index contributed by atoms with van der Waals surface area (Å²) in [6, 6.07) is 7.27. The number of hydrogen-bond acceptors (Lipinski definition) is 6. The molecule has 3 rings (SSSR count). The third kappa shape index (κ3) is 2.73. The summed E-state index contributed by atoms with van der Waals surface area (Å²) >= 11 is 1.51. The van der Waals surface area contributed by atoms with Crippen molar-refractivity contribution in [3.8, 4) is 10.8 Å². The number of ether oxygens (including phenoxy) is 1. The Morgan fingerprint density at radius 1 is 1.38 bits per heavy atom. The van der Waals surface area contributed by atoms with Crippen molar-refractivity contribution >= 4 is 17.3 Å². The quantitative estimate of drug-likeness (QED) is 0.693. The zero-order valence-electron chi connectivity index (χ0n) is 11.5. The van der Waals surface area contributed by atoms with Crippen LogP contribution in [0.25, 0.3) is 10.8 Å². The van der Waals surface area contributed by atoms with E-state index in [0.29, 0.717) is 11.6 Å². The zero-order chi connectivity index (χ0) is 14.8. The lowest BCUT2D eigenvalue weighted by molar-refractivity contribution is 0.0269. The Labute approximate surface area is 125 Å². The molecule has 0 bridgehead atoms. The molecule has 21 heavy (non-hydrogen) atoms. The van der Waals surface area contributed by atoms with Crippen molar-refractivity contribution in [1.82, 2.24) is 14.8 Å². The molecule has 0 amide bonds. The maximum Gasteiger partial charge on any atom is 0.355 e.